The van der Waals surface area contributed by atoms with Crippen molar-refractivity contribution in [3.8, 4) is 11.1 Å². The van der Waals surface area contributed by atoms with E-state index < -0.39 is 11.4 Å². The largest absolute Gasteiger partial charge is 0.593 e. The summed E-state index contributed by atoms with van der Waals surface area (Å²) >= 11 is -1.31. The van der Waals surface area contributed by atoms with Gasteiger partial charge in [-0.1, -0.05) is 0 Å². The van der Waals surface area contributed by atoms with Gasteiger partial charge >= 0.3 is 0 Å². The normalized spacial score (nSPS) is 19.7. The molecular weight excluding hydrogens is 353 g/mol. The Morgan fingerprint density at radius 1 is 1.23 bits per heavy atom. The molecule has 136 valence electrons. The molecule has 0 radical (unpaired) electrons. The molecule has 0 spiro atoms. The van der Waals surface area contributed by atoms with Gasteiger partial charge in [0.15, 0.2) is 4.90 Å². The van der Waals surface area contributed by atoms with E-state index in [-0.39, 0.29) is 18.5 Å². The van der Waals surface area contributed by atoms with Crippen molar-refractivity contribution >= 4 is 22.3 Å². The molecule has 4 rings (SSSR count). The van der Waals surface area contributed by atoms with E-state index in [1.807, 2.05) is 34.8 Å². The number of hydrogen-bond donors (Lipinski definition) is 3. The van der Waals surface area contributed by atoms with Crippen molar-refractivity contribution in [3.05, 3.63) is 54.5 Å². The minimum atomic E-state index is -1.31. The Kier molecular flexibility index (Phi) is 4.97. The molecule has 1 saturated heterocycles. The summed E-state index contributed by atoms with van der Waals surface area (Å²) in [6.07, 6.45) is 1.86. The number of hydrogen-bond acceptors (Lipinski definition) is 4. The van der Waals surface area contributed by atoms with E-state index in [4.69, 9.17) is 0 Å². The van der Waals surface area contributed by atoms with Gasteiger partial charge < -0.3 is 20.0 Å². The topological polar surface area (TPSA) is 74.3 Å². The molecule has 26 heavy (non-hydrogen) atoms. The summed E-state index contributed by atoms with van der Waals surface area (Å²) in [6, 6.07) is 12.1. The number of piperazine rings is 1. The van der Waals surface area contributed by atoms with E-state index in [2.05, 4.69) is 10.3 Å². The first kappa shape index (κ1) is 17.5. The Bertz CT molecular complexity index is 899. The fraction of sp³-hybridized carbons (Fsp3) is 0.263. The third-order valence-corrected chi connectivity index (χ3v) is 6.31. The lowest BCUT2D eigenvalue weighted by Gasteiger charge is -2.34. The first-order chi connectivity index (χ1) is 12.7. The van der Waals surface area contributed by atoms with Gasteiger partial charge in [-0.15, -0.1) is 4.31 Å². The zero-order valence-corrected chi connectivity index (χ0v) is 14.9. The predicted octanol–water partition coefficient (Wildman–Crippen LogP) is 2.26. The highest BCUT2D eigenvalue weighted by molar-refractivity contribution is 7.89. The summed E-state index contributed by atoms with van der Waals surface area (Å²) in [5.74, 6) is -0.272. The molecule has 1 aliphatic heterocycles. The second-order valence-electron chi connectivity index (χ2n) is 6.35. The molecule has 2 heterocycles. The van der Waals surface area contributed by atoms with Gasteiger partial charge in [0.2, 0.25) is 0 Å². The van der Waals surface area contributed by atoms with Crippen LogP contribution in [0.15, 0.2) is 53.6 Å². The van der Waals surface area contributed by atoms with Crippen LogP contribution in [0.4, 0.5) is 4.39 Å². The molecular formula is C19H20FN3O2S. The van der Waals surface area contributed by atoms with Crippen LogP contribution in [-0.4, -0.2) is 51.2 Å². The van der Waals surface area contributed by atoms with Gasteiger partial charge in [0.25, 0.3) is 0 Å². The van der Waals surface area contributed by atoms with Crippen LogP contribution in [0.25, 0.3) is 22.0 Å². The van der Waals surface area contributed by atoms with Gasteiger partial charge in [-0.25, -0.2) is 4.39 Å². The maximum atomic E-state index is 13.3. The Hall–Kier alpha value is -1.90. The van der Waals surface area contributed by atoms with Crippen molar-refractivity contribution in [2.24, 2.45) is 0 Å². The second-order valence-corrected chi connectivity index (χ2v) is 7.79. The molecule has 2 aromatic carbocycles. The Labute approximate surface area is 154 Å². The number of aromatic nitrogens is 1. The molecule has 3 aromatic rings. The minimum Gasteiger partial charge on any atom is -0.593 e. The van der Waals surface area contributed by atoms with E-state index >= 15 is 0 Å². The maximum Gasteiger partial charge on any atom is 0.174 e. The third kappa shape index (κ3) is 3.24. The van der Waals surface area contributed by atoms with Crippen molar-refractivity contribution in [2.45, 2.75) is 10.9 Å². The zero-order chi connectivity index (χ0) is 18.1. The van der Waals surface area contributed by atoms with Gasteiger partial charge in [-0.3, -0.25) is 0 Å². The van der Waals surface area contributed by atoms with Crippen LogP contribution in [0.2, 0.25) is 0 Å². The lowest BCUT2D eigenvalue weighted by Crippen LogP contribution is -2.54. The number of rotatable bonds is 4. The molecule has 1 fully saturated rings. The molecule has 3 N–H and O–H groups in total. The molecule has 0 bridgehead atoms. The zero-order valence-electron chi connectivity index (χ0n) is 14.1. The summed E-state index contributed by atoms with van der Waals surface area (Å²) in [6.45, 7) is 1.99. The highest BCUT2D eigenvalue weighted by Gasteiger charge is 2.32. The number of nitrogens with one attached hydrogen (secondary N) is 2. The van der Waals surface area contributed by atoms with Crippen LogP contribution in [-0.2, 0) is 11.4 Å². The molecule has 0 saturated carbocycles. The Morgan fingerprint density at radius 2 is 2.04 bits per heavy atom. The van der Waals surface area contributed by atoms with E-state index in [0.29, 0.717) is 18.0 Å². The third-order valence-electron chi connectivity index (χ3n) is 4.73. The van der Waals surface area contributed by atoms with Crippen LogP contribution in [0, 0.1) is 5.82 Å². The predicted molar refractivity (Wildman–Crippen MR) is 101 cm³/mol. The maximum absolute atomic E-state index is 13.3. The first-order valence-corrected chi connectivity index (χ1v) is 9.65. The minimum absolute atomic E-state index is 0.0251. The fourth-order valence-electron chi connectivity index (χ4n) is 3.34. The number of fused-ring (bicyclic) bond motifs is 1. The number of aliphatic hydroxyl groups excluding tert-OH is 1. The summed E-state index contributed by atoms with van der Waals surface area (Å²) in [4.78, 5) is 3.80. The summed E-state index contributed by atoms with van der Waals surface area (Å²) < 4.78 is 28.0. The van der Waals surface area contributed by atoms with Crippen LogP contribution >= 0.6 is 0 Å². The van der Waals surface area contributed by atoms with Gasteiger partial charge in [-0.2, -0.15) is 0 Å². The van der Waals surface area contributed by atoms with Crippen LogP contribution in [0.1, 0.15) is 0 Å². The highest BCUT2D eigenvalue weighted by atomic mass is 32.2. The van der Waals surface area contributed by atoms with Crippen molar-refractivity contribution in [1.29, 1.82) is 0 Å². The number of aromatic amines is 1. The van der Waals surface area contributed by atoms with E-state index in [1.165, 1.54) is 12.1 Å². The molecule has 1 aromatic heterocycles. The average Bonchev–Trinajstić information content (AvgIpc) is 3.10. The lowest BCUT2D eigenvalue weighted by molar-refractivity contribution is 0.165. The average molecular weight is 373 g/mol. The van der Waals surface area contributed by atoms with Crippen LogP contribution in [0.5, 0.6) is 0 Å². The molecule has 7 heteroatoms. The molecule has 0 amide bonds. The van der Waals surface area contributed by atoms with Crippen molar-refractivity contribution in [1.82, 2.24) is 14.6 Å². The van der Waals surface area contributed by atoms with Crippen LogP contribution in [0.3, 0.4) is 0 Å². The van der Waals surface area contributed by atoms with Gasteiger partial charge in [0, 0.05) is 35.8 Å². The van der Waals surface area contributed by atoms with Gasteiger partial charge in [-0.05, 0) is 48.0 Å². The second kappa shape index (κ2) is 7.38. The molecule has 2 atom stereocenters. The van der Waals surface area contributed by atoms with E-state index in [1.54, 1.807) is 6.07 Å². The number of nitrogens with zero attached hydrogens (tertiary/aromatic N) is 1. The van der Waals surface area contributed by atoms with Crippen molar-refractivity contribution in [2.75, 3.05) is 26.2 Å². The molecule has 0 aliphatic carbocycles. The lowest BCUT2D eigenvalue weighted by atomic mass is 10.1. The summed E-state index contributed by atoms with van der Waals surface area (Å²) in [7, 11) is 0. The number of benzene rings is 2. The monoisotopic (exact) mass is 373 g/mol. The quantitative estimate of drug-likeness (QED) is 0.614. The Morgan fingerprint density at radius 3 is 2.81 bits per heavy atom. The fourth-order valence-corrected chi connectivity index (χ4v) is 4.65. The summed E-state index contributed by atoms with van der Waals surface area (Å²) in [5, 5.41) is 13.7. The van der Waals surface area contributed by atoms with Crippen molar-refractivity contribution < 1.29 is 14.0 Å². The number of aliphatic hydroxyl groups is 1. The van der Waals surface area contributed by atoms with Gasteiger partial charge in [0.1, 0.15) is 5.82 Å². The first-order valence-electron chi connectivity index (χ1n) is 8.54. The highest BCUT2D eigenvalue weighted by Crippen LogP contribution is 2.30. The van der Waals surface area contributed by atoms with E-state index in [9.17, 15) is 14.0 Å². The van der Waals surface area contributed by atoms with E-state index in [0.717, 1.165) is 28.6 Å². The summed E-state index contributed by atoms with van der Waals surface area (Å²) in [5.41, 5.74) is 2.70. The van der Waals surface area contributed by atoms with Crippen LogP contribution < -0.4 is 5.32 Å². The standard InChI is InChI=1S/C19H20FN3O2S/c20-14-3-6-17-18(11-22-19(17)9-14)13-1-4-16(5-2-13)26(25)23-8-7-21-10-15(23)12-24/h1-6,9,11,15,21-22,24H,7-8,10,12H2. The molecule has 2 unspecified atom stereocenters. The Balaban J connectivity index is 1.59. The molecule has 5 nitrogen and oxygen atoms in total. The number of H-pyrrole nitrogens is 1. The molecule has 1 aliphatic rings. The number of halogens is 1. The SMILES string of the molecule is [O-][S+](c1ccc(-c2c[nH]c3cc(F)ccc23)cc1)N1CCNCC1CO. The van der Waals surface area contributed by atoms with Crippen molar-refractivity contribution in [3.63, 3.8) is 0 Å². The smallest absolute Gasteiger partial charge is 0.174 e. The van der Waals surface area contributed by atoms with Gasteiger partial charge in [0.05, 0.1) is 30.6 Å².